The lowest BCUT2D eigenvalue weighted by Gasteiger charge is -2.10. The zero-order valence-corrected chi connectivity index (χ0v) is 10.8. The number of thiol groups is 1. The van der Waals surface area contributed by atoms with E-state index in [0.717, 1.165) is 25.7 Å². The minimum absolute atomic E-state index is 0.231. The van der Waals surface area contributed by atoms with E-state index in [1.165, 1.54) is 0 Å². The van der Waals surface area contributed by atoms with Gasteiger partial charge in [0.15, 0.2) is 5.05 Å². The van der Waals surface area contributed by atoms with Gasteiger partial charge in [0.05, 0.1) is 6.61 Å². The molecule has 88 valence electrons. The van der Waals surface area contributed by atoms with Crippen LogP contribution in [0.25, 0.3) is 0 Å². The fourth-order valence-electron chi connectivity index (χ4n) is 1.16. The summed E-state index contributed by atoms with van der Waals surface area (Å²) in [6.07, 6.45) is 4.16. The van der Waals surface area contributed by atoms with E-state index >= 15 is 0 Å². The molecule has 15 heavy (non-hydrogen) atoms. The number of ether oxygens (including phenoxy) is 1. The Morgan fingerprint density at radius 3 is 2.67 bits per heavy atom. The average molecular weight is 249 g/mol. The van der Waals surface area contributed by atoms with E-state index in [1.807, 2.05) is 0 Å². The maximum absolute atomic E-state index is 10.5. The normalized spacial score (nSPS) is 12.1. The van der Waals surface area contributed by atoms with Gasteiger partial charge < -0.3 is 10.5 Å². The molecular weight excluding hydrogens is 230 g/mol. The van der Waals surface area contributed by atoms with Gasteiger partial charge in [0, 0.05) is 18.6 Å². The summed E-state index contributed by atoms with van der Waals surface area (Å²) in [6, 6.07) is 0. The molecule has 1 amide bonds. The highest BCUT2D eigenvalue weighted by atomic mass is 32.1. The third kappa shape index (κ3) is 11.6. The van der Waals surface area contributed by atoms with Gasteiger partial charge in [-0.3, -0.25) is 4.79 Å². The molecule has 5 heteroatoms. The highest BCUT2D eigenvalue weighted by molar-refractivity contribution is 7.81. The van der Waals surface area contributed by atoms with Crippen LogP contribution in [0, 0.1) is 0 Å². The molecule has 0 rings (SSSR count). The zero-order valence-electron chi connectivity index (χ0n) is 9.07. The summed E-state index contributed by atoms with van der Waals surface area (Å²) in [5.74, 6) is -0.231. The number of carbonyl (C=O) groups is 1. The number of hydrogen-bond donors (Lipinski definition) is 2. The largest absolute Gasteiger partial charge is 0.487 e. The molecule has 0 aromatic heterocycles. The highest BCUT2D eigenvalue weighted by Gasteiger charge is 2.04. The Morgan fingerprint density at radius 1 is 1.47 bits per heavy atom. The molecule has 1 atom stereocenters. The Bertz CT molecular complexity index is 210. The van der Waals surface area contributed by atoms with Crippen LogP contribution < -0.4 is 5.73 Å². The number of nitrogens with two attached hydrogens (primary N) is 1. The summed E-state index contributed by atoms with van der Waals surface area (Å²) in [5.41, 5.74) is 5.03. The first kappa shape index (κ1) is 14.7. The van der Waals surface area contributed by atoms with Crippen LogP contribution in [0.1, 0.15) is 39.0 Å². The van der Waals surface area contributed by atoms with Crippen molar-refractivity contribution >= 4 is 35.8 Å². The van der Waals surface area contributed by atoms with Gasteiger partial charge in [0.1, 0.15) is 0 Å². The Morgan fingerprint density at radius 2 is 2.13 bits per heavy atom. The molecule has 0 bridgehead atoms. The van der Waals surface area contributed by atoms with Gasteiger partial charge in [-0.15, -0.1) is 0 Å². The van der Waals surface area contributed by atoms with Crippen molar-refractivity contribution < 1.29 is 9.53 Å². The van der Waals surface area contributed by atoms with Crippen LogP contribution >= 0.6 is 24.8 Å². The molecule has 0 aliphatic carbocycles. The third-order valence-corrected chi connectivity index (χ3v) is 2.60. The smallest absolute Gasteiger partial charge is 0.217 e. The SMILES string of the molecule is CC(=S)OCCC(S)CCCCC(N)=O. The van der Waals surface area contributed by atoms with E-state index in [1.54, 1.807) is 6.92 Å². The van der Waals surface area contributed by atoms with E-state index < -0.39 is 0 Å². The molecule has 2 N–H and O–H groups in total. The second-order valence-electron chi connectivity index (χ2n) is 3.49. The summed E-state index contributed by atoms with van der Waals surface area (Å²) < 4.78 is 5.17. The molecule has 0 spiro atoms. The molecular formula is C10H19NO2S2. The summed E-state index contributed by atoms with van der Waals surface area (Å²) in [4.78, 5) is 10.5. The van der Waals surface area contributed by atoms with Crippen molar-refractivity contribution in [3.05, 3.63) is 0 Å². The van der Waals surface area contributed by atoms with E-state index in [4.69, 9.17) is 22.7 Å². The summed E-state index contributed by atoms with van der Waals surface area (Å²) in [7, 11) is 0. The van der Waals surface area contributed by atoms with Gasteiger partial charge in [0.25, 0.3) is 0 Å². The van der Waals surface area contributed by atoms with Gasteiger partial charge in [-0.2, -0.15) is 12.6 Å². The lowest BCUT2D eigenvalue weighted by molar-refractivity contribution is -0.118. The molecule has 0 aliphatic heterocycles. The zero-order chi connectivity index (χ0) is 11.7. The number of amides is 1. The first-order valence-electron chi connectivity index (χ1n) is 5.12. The van der Waals surface area contributed by atoms with Crippen LogP contribution in [-0.4, -0.2) is 22.8 Å². The van der Waals surface area contributed by atoms with Gasteiger partial charge in [-0.25, -0.2) is 0 Å². The van der Waals surface area contributed by atoms with Crippen LogP contribution in [0.5, 0.6) is 0 Å². The summed E-state index contributed by atoms with van der Waals surface area (Å²) in [6.45, 7) is 2.38. The van der Waals surface area contributed by atoms with E-state index in [-0.39, 0.29) is 5.91 Å². The molecule has 0 radical (unpaired) electrons. The molecule has 0 aliphatic rings. The van der Waals surface area contributed by atoms with Crippen LogP contribution in [0.3, 0.4) is 0 Å². The maximum Gasteiger partial charge on any atom is 0.217 e. The second-order valence-corrected chi connectivity index (χ2v) is 4.80. The number of primary amides is 1. The molecule has 0 saturated carbocycles. The van der Waals surface area contributed by atoms with Gasteiger partial charge >= 0.3 is 0 Å². The Labute approximate surface area is 102 Å². The Kier molecular flexibility index (Phi) is 8.80. The molecule has 3 nitrogen and oxygen atoms in total. The lowest BCUT2D eigenvalue weighted by atomic mass is 10.1. The van der Waals surface area contributed by atoms with Crippen molar-refractivity contribution in [3.8, 4) is 0 Å². The maximum atomic E-state index is 10.5. The standard InChI is InChI=1S/C10H19NO2S2/c1-8(14)13-7-6-9(15)4-2-3-5-10(11)12/h9,15H,2-7H2,1H3,(H2,11,12). The van der Waals surface area contributed by atoms with E-state index in [2.05, 4.69) is 12.6 Å². The van der Waals surface area contributed by atoms with E-state index in [9.17, 15) is 4.79 Å². The number of hydrogen-bond acceptors (Lipinski definition) is 4. The van der Waals surface area contributed by atoms with Gasteiger partial charge in [-0.1, -0.05) is 6.42 Å². The highest BCUT2D eigenvalue weighted by Crippen LogP contribution is 2.12. The fraction of sp³-hybridized carbons (Fsp3) is 0.800. The van der Waals surface area contributed by atoms with Crippen LogP contribution in [-0.2, 0) is 9.53 Å². The quantitative estimate of drug-likeness (QED) is 0.393. The molecule has 0 saturated heterocycles. The van der Waals surface area contributed by atoms with Crippen molar-refractivity contribution in [2.75, 3.05) is 6.61 Å². The van der Waals surface area contributed by atoms with Crippen molar-refractivity contribution in [3.63, 3.8) is 0 Å². The predicted octanol–water partition coefficient (Wildman–Crippen LogP) is 2.08. The predicted molar refractivity (Wildman–Crippen MR) is 69.3 cm³/mol. The molecule has 1 unspecified atom stereocenters. The monoisotopic (exact) mass is 249 g/mol. The first-order chi connectivity index (χ1) is 7.02. The summed E-state index contributed by atoms with van der Waals surface area (Å²) >= 11 is 9.20. The minimum Gasteiger partial charge on any atom is -0.487 e. The van der Waals surface area contributed by atoms with E-state index in [0.29, 0.717) is 23.3 Å². The van der Waals surface area contributed by atoms with Crippen LogP contribution in [0.2, 0.25) is 0 Å². The molecule has 0 fully saturated rings. The number of thiocarbonyl (C=S) groups is 1. The molecule has 0 aromatic rings. The third-order valence-electron chi connectivity index (χ3n) is 1.97. The van der Waals surface area contributed by atoms with Crippen molar-refractivity contribution in [1.82, 2.24) is 0 Å². The molecule has 0 aromatic carbocycles. The lowest BCUT2D eigenvalue weighted by Crippen LogP contribution is -2.10. The average Bonchev–Trinajstić information content (AvgIpc) is 2.11. The summed E-state index contributed by atoms with van der Waals surface area (Å²) in [5, 5.41) is 0.886. The van der Waals surface area contributed by atoms with Crippen molar-refractivity contribution in [1.29, 1.82) is 0 Å². The number of carbonyl (C=O) groups excluding carboxylic acids is 1. The number of rotatable bonds is 8. The van der Waals surface area contributed by atoms with Crippen molar-refractivity contribution in [2.24, 2.45) is 5.73 Å². The minimum atomic E-state index is -0.231. The second kappa shape index (κ2) is 8.97. The first-order valence-corrected chi connectivity index (χ1v) is 6.04. The Hall–Kier alpha value is -0.290. The Balaban J connectivity index is 3.29. The topological polar surface area (TPSA) is 52.3 Å². The van der Waals surface area contributed by atoms with Gasteiger partial charge in [-0.05, 0) is 31.5 Å². The number of unbranched alkanes of at least 4 members (excludes halogenated alkanes) is 1. The van der Waals surface area contributed by atoms with Crippen LogP contribution in [0.15, 0.2) is 0 Å². The fourth-order valence-corrected chi connectivity index (χ4v) is 1.53. The van der Waals surface area contributed by atoms with Crippen LogP contribution in [0.4, 0.5) is 0 Å². The van der Waals surface area contributed by atoms with Gasteiger partial charge in [0.2, 0.25) is 5.91 Å². The molecule has 0 heterocycles. The van der Waals surface area contributed by atoms with Crippen molar-refractivity contribution in [2.45, 2.75) is 44.3 Å².